The average molecular weight is 1510 g/mol. The number of thioether (sulfide) groups is 1. The van der Waals surface area contributed by atoms with Gasteiger partial charge in [-0.1, -0.05) is 245 Å². The summed E-state index contributed by atoms with van der Waals surface area (Å²) in [7, 11) is 0. The summed E-state index contributed by atoms with van der Waals surface area (Å²) in [6.45, 7) is 7.20. The maximum atomic E-state index is 14.5. The molecule has 18 N–H and O–H groups in total. The van der Waals surface area contributed by atoms with E-state index in [2.05, 4.69) is 58.0 Å². The topological polar surface area (TPSA) is 407 Å². The van der Waals surface area contributed by atoms with Crippen LogP contribution in [0, 0.1) is 0 Å². The SMILES string of the molecule is CCCCCCCCCCCCCCCC(=O)OCC(CSC[C@H](NC(=O)NCCCCCCCCCCCCCC)C(=O)N[C@@H](CO)C(=O)N[C@@H](CCCCN)C(=O)N[C@@H](CCCCN)C(=O)N[C@@H](CCCCN)C(=O)N[C@@H](CCCCN)C(N)=O)OC(=O)CCCCCCCCCCCCCCC. The van der Waals surface area contributed by atoms with Gasteiger partial charge in [-0.3, -0.25) is 38.4 Å². The van der Waals surface area contributed by atoms with Crippen molar-refractivity contribution in [1.29, 1.82) is 0 Å². The molecule has 0 saturated carbocycles. The van der Waals surface area contributed by atoms with Gasteiger partial charge in [0.2, 0.25) is 35.4 Å². The minimum Gasteiger partial charge on any atom is -0.462 e. The molecule has 25 heteroatoms. The zero-order valence-electron chi connectivity index (χ0n) is 66.4. The van der Waals surface area contributed by atoms with Gasteiger partial charge >= 0.3 is 18.0 Å². The lowest BCUT2D eigenvalue weighted by Crippen LogP contribution is -2.60. The predicted octanol–water partition coefficient (Wildman–Crippen LogP) is 11.9. The highest BCUT2D eigenvalue weighted by atomic mass is 32.2. The third-order valence-electron chi connectivity index (χ3n) is 19.4. The third-order valence-corrected chi connectivity index (χ3v) is 20.6. The van der Waals surface area contributed by atoms with E-state index in [1.54, 1.807) is 0 Å². The fraction of sp³-hybridized carbons (Fsp3) is 0.887. The molecule has 0 rings (SSSR count). The molecule has 0 aliphatic rings. The number of unbranched alkanes of at least 4 members (excludes halogenated alkanes) is 39. The van der Waals surface area contributed by atoms with Crippen LogP contribution in [-0.2, 0) is 47.8 Å². The molecule has 614 valence electrons. The molecule has 0 spiro atoms. The van der Waals surface area contributed by atoms with Crippen LogP contribution in [0.1, 0.15) is 355 Å². The first kappa shape index (κ1) is 100. The molecule has 0 heterocycles. The highest BCUT2D eigenvalue weighted by molar-refractivity contribution is 7.99. The van der Waals surface area contributed by atoms with E-state index in [4.69, 9.17) is 38.1 Å². The summed E-state index contributed by atoms with van der Waals surface area (Å²) in [5.41, 5.74) is 28.8. The number of nitrogens with two attached hydrogens (primary N) is 5. The second kappa shape index (κ2) is 73.3. The van der Waals surface area contributed by atoms with Gasteiger partial charge in [-0.15, -0.1) is 0 Å². The number of aliphatic hydroxyl groups excluding tert-OH is 1. The summed E-state index contributed by atoms with van der Waals surface area (Å²) in [6, 6.07) is -8.27. The average Bonchev–Trinajstić information content (AvgIpc) is 0.865. The first-order valence-electron chi connectivity index (χ1n) is 42.2. The minimum atomic E-state index is -1.63. The Hall–Kier alpha value is -4.82. The van der Waals surface area contributed by atoms with Crippen LogP contribution >= 0.6 is 11.8 Å². The number of esters is 2. The second-order valence-electron chi connectivity index (χ2n) is 29.2. The number of urea groups is 1. The van der Waals surface area contributed by atoms with E-state index < -0.39 is 102 Å². The predicted molar refractivity (Wildman–Crippen MR) is 428 cm³/mol. The lowest BCUT2D eigenvalue weighted by molar-refractivity contribution is -0.157. The largest absolute Gasteiger partial charge is 0.462 e. The van der Waals surface area contributed by atoms with Crippen molar-refractivity contribution in [2.45, 2.75) is 397 Å². The Morgan fingerprint density at radius 2 is 0.629 bits per heavy atom. The maximum Gasteiger partial charge on any atom is 0.315 e. The van der Waals surface area contributed by atoms with Crippen LogP contribution in [0.25, 0.3) is 0 Å². The highest BCUT2D eigenvalue weighted by Gasteiger charge is 2.34. The summed E-state index contributed by atoms with van der Waals surface area (Å²) < 4.78 is 11.8. The van der Waals surface area contributed by atoms with Crippen molar-refractivity contribution in [2.24, 2.45) is 28.7 Å². The zero-order valence-corrected chi connectivity index (χ0v) is 67.2. The summed E-state index contributed by atoms with van der Waals surface area (Å²) in [6.07, 6.45) is 48.0. The van der Waals surface area contributed by atoms with E-state index in [1.165, 1.54) is 179 Å². The van der Waals surface area contributed by atoms with Crippen molar-refractivity contribution < 1.29 is 57.7 Å². The van der Waals surface area contributed by atoms with Crippen LogP contribution in [0.15, 0.2) is 0 Å². The van der Waals surface area contributed by atoms with Crippen molar-refractivity contribution in [3.8, 4) is 0 Å². The summed E-state index contributed by atoms with van der Waals surface area (Å²) in [5, 5.41) is 29.9. The van der Waals surface area contributed by atoms with Gasteiger partial charge < -0.3 is 80.5 Å². The lowest BCUT2D eigenvalue weighted by Gasteiger charge is -2.27. The van der Waals surface area contributed by atoms with Gasteiger partial charge in [0, 0.05) is 30.9 Å². The minimum absolute atomic E-state index is 0.0425. The van der Waals surface area contributed by atoms with Gasteiger partial charge in [0.15, 0.2) is 0 Å². The molecule has 1 unspecified atom stereocenters. The summed E-state index contributed by atoms with van der Waals surface area (Å²) in [4.78, 5) is 124. The second-order valence-corrected chi connectivity index (χ2v) is 30.3. The van der Waals surface area contributed by atoms with E-state index in [-0.39, 0.29) is 63.2 Å². The third kappa shape index (κ3) is 59.8. The van der Waals surface area contributed by atoms with Crippen LogP contribution in [0.4, 0.5) is 4.79 Å². The van der Waals surface area contributed by atoms with Gasteiger partial charge in [0.05, 0.1) is 6.61 Å². The van der Waals surface area contributed by atoms with Crippen molar-refractivity contribution in [1.82, 2.24) is 37.2 Å². The highest BCUT2D eigenvalue weighted by Crippen LogP contribution is 2.19. The van der Waals surface area contributed by atoms with Gasteiger partial charge in [-0.2, -0.15) is 11.8 Å². The Morgan fingerprint density at radius 1 is 0.333 bits per heavy atom. The number of primary amides is 1. The van der Waals surface area contributed by atoms with Crippen molar-refractivity contribution in [2.75, 3.05) is 57.4 Å². The van der Waals surface area contributed by atoms with E-state index >= 15 is 0 Å². The standard InChI is InChI=1S/C80H156N12O12S/c1-4-7-10-13-16-19-22-25-27-30-33-36-39-54-72(94)103-62-65(104-73(95)55-40-37-34-31-28-26-23-20-17-14-11-8-5-2)63-105-64-71(92-80(102)86-60-49-38-35-32-29-24-21-18-15-12-9-6-3)79(101)91-70(61-93)78(100)90-69(53-44-48-59-84)77(99)89-68(52-43-47-58-83)76(98)88-67(51-42-46-57-82)75(97)87-66(74(85)96)50-41-45-56-81/h65-71,93H,4-64,81-84H2,1-3H3,(H2,85,96)(H,87,97)(H,88,98)(H,89,99)(H,90,100)(H,91,101)(H2,86,92,102)/t65?,66-,67-,68-,69-,70-,71-/m0/s1. The quantitative estimate of drug-likeness (QED) is 0.0199. The number of nitrogens with one attached hydrogen (secondary N) is 7. The van der Waals surface area contributed by atoms with Gasteiger partial charge in [-0.05, 0) is 122 Å². The Bertz CT molecular complexity index is 2180. The zero-order chi connectivity index (χ0) is 77.4. The lowest BCUT2D eigenvalue weighted by atomic mass is 10.0. The number of carbonyl (C=O) groups excluding carboxylic acids is 9. The van der Waals surface area contributed by atoms with E-state index in [0.717, 1.165) is 57.8 Å². The molecule has 0 aliphatic heterocycles. The maximum absolute atomic E-state index is 14.5. The van der Waals surface area contributed by atoms with Gasteiger partial charge in [0.25, 0.3) is 0 Å². The molecule has 8 amide bonds. The molecule has 0 aliphatic carbocycles. The molecule has 0 aromatic heterocycles. The number of amides is 8. The molecular formula is C80H156N12O12S. The number of hydrogen-bond donors (Lipinski definition) is 13. The Kier molecular flexibility index (Phi) is 70.0. The van der Waals surface area contributed by atoms with E-state index in [1.807, 2.05) is 0 Å². The molecule has 105 heavy (non-hydrogen) atoms. The number of aliphatic hydroxyl groups is 1. The molecule has 7 atom stereocenters. The smallest absolute Gasteiger partial charge is 0.315 e. The first-order valence-corrected chi connectivity index (χ1v) is 43.4. The number of rotatable bonds is 77. The molecule has 24 nitrogen and oxygen atoms in total. The normalized spacial score (nSPS) is 13.3. The van der Waals surface area contributed by atoms with E-state index in [9.17, 15) is 48.3 Å². The summed E-state index contributed by atoms with van der Waals surface area (Å²) in [5.74, 6) is -5.45. The van der Waals surface area contributed by atoms with Crippen molar-refractivity contribution >= 4 is 65.2 Å². The van der Waals surface area contributed by atoms with Crippen LogP contribution < -0.4 is 65.9 Å². The molecule has 0 radical (unpaired) electrons. The summed E-state index contributed by atoms with van der Waals surface area (Å²) >= 11 is 1.18. The number of ether oxygens (including phenoxy) is 2. The number of carbonyl (C=O) groups is 9. The monoisotopic (exact) mass is 1510 g/mol. The molecule has 0 aromatic rings. The first-order chi connectivity index (χ1) is 51.0. The molecular weight excluding hydrogens is 1350 g/mol. The van der Waals surface area contributed by atoms with Crippen LogP contribution in [0.3, 0.4) is 0 Å². The van der Waals surface area contributed by atoms with Crippen molar-refractivity contribution in [3.05, 3.63) is 0 Å². The molecule has 0 bridgehead atoms. The Morgan fingerprint density at radius 3 is 0.971 bits per heavy atom. The Balaban J connectivity index is 6.62. The molecule has 0 aromatic carbocycles. The molecule has 0 fully saturated rings. The van der Waals surface area contributed by atoms with Gasteiger partial charge in [-0.25, -0.2) is 4.79 Å². The van der Waals surface area contributed by atoms with Crippen LogP contribution in [0.2, 0.25) is 0 Å². The van der Waals surface area contributed by atoms with Crippen LogP contribution in [-0.4, -0.2) is 158 Å². The Labute approximate surface area is 640 Å². The van der Waals surface area contributed by atoms with Crippen molar-refractivity contribution in [3.63, 3.8) is 0 Å². The fourth-order valence-corrected chi connectivity index (χ4v) is 13.7. The van der Waals surface area contributed by atoms with Gasteiger partial charge in [0.1, 0.15) is 49.0 Å². The van der Waals surface area contributed by atoms with Crippen LogP contribution in [0.5, 0.6) is 0 Å². The molecule has 0 saturated heterocycles. The fourth-order valence-electron chi connectivity index (χ4n) is 12.7. The number of hydrogen-bond acceptors (Lipinski definition) is 17. The van der Waals surface area contributed by atoms with E-state index in [0.29, 0.717) is 96.8 Å².